The van der Waals surface area contributed by atoms with Gasteiger partial charge in [-0.05, 0) is 46.6 Å². The first kappa shape index (κ1) is 20.2. The van der Waals surface area contributed by atoms with Gasteiger partial charge in [-0.3, -0.25) is 14.8 Å². The minimum absolute atomic E-state index is 0.0873. The van der Waals surface area contributed by atoms with Crippen molar-refractivity contribution in [1.29, 1.82) is 0 Å². The highest BCUT2D eigenvalue weighted by Gasteiger charge is 2.26. The molecule has 0 atom stereocenters. The summed E-state index contributed by atoms with van der Waals surface area (Å²) in [6.45, 7) is 2.02. The van der Waals surface area contributed by atoms with E-state index in [0.29, 0.717) is 21.7 Å². The lowest BCUT2D eigenvalue weighted by atomic mass is 10.2. The van der Waals surface area contributed by atoms with Gasteiger partial charge in [0.25, 0.3) is 5.91 Å². The minimum atomic E-state index is -0.590. The van der Waals surface area contributed by atoms with Gasteiger partial charge < -0.3 is 4.74 Å². The summed E-state index contributed by atoms with van der Waals surface area (Å²) < 4.78 is 5.12. The van der Waals surface area contributed by atoms with Crippen LogP contribution in [0.15, 0.2) is 64.0 Å². The van der Waals surface area contributed by atoms with Crippen molar-refractivity contribution in [3.05, 3.63) is 75.9 Å². The van der Waals surface area contributed by atoms with E-state index < -0.39 is 5.97 Å². The van der Waals surface area contributed by atoms with Gasteiger partial charge in [-0.1, -0.05) is 36.4 Å². The molecule has 0 saturated carbocycles. The fourth-order valence-corrected chi connectivity index (χ4v) is 4.08. The van der Waals surface area contributed by atoms with Crippen LogP contribution in [0.1, 0.15) is 26.4 Å². The standard InChI is InChI=1S/C20H18BrN3O3S/c1-13-8-6-7-11-15(13)28-12-24(19(25)14-9-4-3-5-10-14)18-16(21)17(22-23-18)20(26)27-2/h3-11H,12H2,1-2H3,(H,22,23). The number of ether oxygens (including phenoxy) is 1. The Kier molecular flexibility index (Phi) is 6.53. The summed E-state index contributed by atoms with van der Waals surface area (Å²) in [7, 11) is 1.28. The molecule has 0 saturated heterocycles. The van der Waals surface area contributed by atoms with E-state index in [1.807, 2.05) is 49.4 Å². The van der Waals surface area contributed by atoms with Crippen LogP contribution >= 0.6 is 27.7 Å². The number of nitrogens with zero attached hydrogens (tertiary/aromatic N) is 2. The topological polar surface area (TPSA) is 75.3 Å². The molecule has 1 heterocycles. The number of H-pyrrole nitrogens is 1. The van der Waals surface area contributed by atoms with Crippen LogP contribution in [0.4, 0.5) is 5.82 Å². The van der Waals surface area contributed by atoms with Crippen molar-refractivity contribution in [3.8, 4) is 0 Å². The smallest absolute Gasteiger partial charge is 0.359 e. The molecule has 0 aliphatic heterocycles. The van der Waals surface area contributed by atoms with E-state index in [1.165, 1.54) is 18.9 Å². The molecule has 0 spiro atoms. The van der Waals surface area contributed by atoms with Gasteiger partial charge in [-0.25, -0.2) is 4.79 Å². The molecular weight excluding hydrogens is 442 g/mol. The number of carbonyl (C=O) groups excluding carboxylic acids is 2. The van der Waals surface area contributed by atoms with Gasteiger partial charge in [0, 0.05) is 10.5 Å². The largest absolute Gasteiger partial charge is 0.464 e. The Morgan fingerprint density at radius 1 is 1.14 bits per heavy atom. The van der Waals surface area contributed by atoms with E-state index in [-0.39, 0.29) is 11.6 Å². The molecule has 1 aromatic heterocycles. The molecule has 0 radical (unpaired) electrons. The number of esters is 1. The first-order chi connectivity index (χ1) is 13.5. The zero-order valence-corrected chi connectivity index (χ0v) is 17.7. The number of methoxy groups -OCH3 is 1. The molecule has 144 valence electrons. The number of carbonyl (C=O) groups is 2. The predicted octanol–water partition coefficient (Wildman–Crippen LogP) is 4.66. The summed E-state index contributed by atoms with van der Waals surface area (Å²) in [5.74, 6) is -0.0641. The average Bonchev–Trinajstić information content (AvgIpc) is 3.10. The second-order valence-electron chi connectivity index (χ2n) is 5.86. The van der Waals surface area contributed by atoms with E-state index in [9.17, 15) is 9.59 Å². The fraction of sp³-hybridized carbons (Fsp3) is 0.150. The Balaban J connectivity index is 1.95. The van der Waals surface area contributed by atoms with E-state index >= 15 is 0 Å². The number of benzene rings is 2. The van der Waals surface area contributed by atoms with E-state index in [4.69, 9.17) is 4.74 Å². The summed E-state index contributed by atoms with van der Waals surface area (Å²) in [4.78, 5) is 27.7. The number of rotatable bonds is 6. The minimum Gasteiger partial charge on any atom is -0.464 e. The van der Waals surface area contributed by atoms with Crippen molar-refractivity contribution in [1.82, 2.24) is 10.2 Å². The van der Waals surface area contributed by atoms with Crippen LogP contribution in [-0.2, 0) is 4.74 Å². The van der Waals surface area contributed by atoms with Crippen molar-refractivity contribution >= 4 is 45.4 Å². The van der Waals surface area contributed by atoms with Gasteiger partial charge in [0.2, 0.25) is 0 Å². The van der Waals surface area contributed by atoms with Crippen molar-refractivity contribution in [2.45, 2.75) is 11.8 Å². The quantitative estimate of drug-likeness (QED) is 0.329. The highest BCUT2D eigenvalue weighted by atomic mass is 79.9. The Morgan fingerprint density at radius 3 is 2.50 bits per heavy atom. The molecule has 0 bridgehead atoms. The normalized spacial score (nSPS) is 10.5. The molecular formula is C20H18BrN3O3S. The van der Waals surface area contributed by atoms with Crippen LogP contribution in [0.2, 0.25) is 0 Å². The monoisotopic (exact) mass is 459 g/mol. The molecule has 1 amide bonds. The second-order valence-corrected chi connectivity index (χ2v) is 7.64. The summed E-state index contributed by atoms with van der Waals surface area (Å²) in [6, 6.07) is 16.9. The molecule has 8 heteroatoms. The lowest BCUT2D eigenvalue weighted by Gasteiger charge is -2.21. The summed E-state index contributed by atoms with van der Waals surface area (Å²) in [5, 5.41) is 6.79. The van der Waals surface area contributed by atoms with E-state index in [1.54, 1.807) is 17.0 Å². The van der Waals surface area contributed by atoms with Gasteiger partial charge >= 0.3 is 5.97 Å². The average molecular weight is 460 g/mol. The van der Waals surface area contributed by atoms with Gasteiger partial charge in [-0.2, -0.15) is 5.10 Å². The molecule has 3 rings (SSSR count). The lowest BCUT2D eigenvalue weighted by molar-refractivity contribution is 0.0592. The van der Waals surface area contributed by atoms with E-state index in [0.717, 1.165) is 10.5 Å². The number of hydrogen-bond acceptors (Lipinski definition) is 5. The molecule has 3 aromatic rings. The Morgan fingerprint density at radius 2 is 1.82 bits per heavy atom. The second kappa shape index (κ2) is 9.07. The van der Waals surface area contributed by atoms with Crippen LogP contribution in [0.5, 0.6) is 0 Å². The Hall–Kier alpha value is -2.58. The highest BCUT2D eigenvalue weighted by Crippen LogP contribution is 2.32. The summed E-state index contributed by atoms with van der Waals surface area (Å²) in [5.41, 5.74) is 1.75. The molecule has 0 fully saturated rings. The third-order valence-electron chi connectivity index (χ3n) is 4.05. The number of aromatic amines is 1. The predicted molar refractivity (Wildman–Crippen MR) is 113 cm³/mol. The van der Waals surface area contributed by atoms with Crippen LogP contribution in [0, 0.1) is 6.92 Å². The third kappa shape index (κ3) is 4.28. The molecule has 6 nitrogen and oxygen atoms in total. The molecule has 1 N–H and O–H groups in total. The number of nitrogens with one attached hydrogen (secondary N) is 1. The van der Waals surface area contributed by atoms with Gasteiger partial charge in [0.05, 0.1) is 17.5 Å². The maximum Gasteiger partial charge on any atom is 0.359 e. The van der Waals surface area contributed by atoms with Gasteiger partial charge in [-0.15, -0.1) is 11.8 Å². The summed E-state index contributed by atoms with van der Waals surface area (Å²) >= 11 is 4.90. The molecule has 0 aliphatic rings. The molecule has 0 aliphatic carbocycles. The van der Waals surface area contributed by atoms with Crippen LogP contribution in [0.25, 0.3) is 0 Å². The molecule has 2 aromatic carbocycles. The van der Waals surface area contributed by atoms with Gasteiger partial charge in [0.1, 0.15) is 5.82 Å². The Bertz CT molecular complexity index is 991. The fourth-order valence-electron chi connectivity index (χ4n) is 2.54. The number of amides is 1. The number of aromatic nitrogens is 2. The number of thioether (sulfide) groups is 1. The van der Waals surface area contributed by atoms with Crippen molar-refractivity contribution < 1.29 is 14.3 Å². The maximum atomic E-state index is 13.2. The number of halogens is 1. The third-order valence-corrected chi connectivity index (χ3v) is 5.95. The maximum absolute atomic E-state index is 13.2. The summed E-state index contributed by atoms with van der Waals surface area (Å²) in [6.07, 6.45) is 0. The highest BCUT2D eigenvalue weighted by molar-refractivity contribution is 9.10. The van der Waals surface area contributed by atoms with Crippen LogP contribution in [-0.4, -0.2) is 35.1 Å². The van der Waals surface area contributed by atoms with E-state index in [2.05, 4.69) is 26.1 Å². The number of hydrogen-bond donors (Lipinski definition) is 1. The first-order valence-electron chi connectivity index (χ1n) is 8.40. The Labute approximate surface area is 175 Å². The molecule has 0 unspecified atom stereocenters. The number of aryl methyl sites for hydroxylation is 1. The van der Waals surface area contributed by atoms with Crippen molar-refractivity contribution in [2.75, 3.05) is 17.9 Å². The zero-order chi connectivity index (χ0) is 20.1. The molecule has 28 heavy (non-hydrogen) atoms. The first-order valence-corrected chi connectivity index (χ1v) is 10.2. The van der Waals surface area contributed by atoms with Crippen molar-refractivity contribution in [2.24, 2.45) is 0 Å². The number of anilines is 1. The van der Waals surface area contributed by atoms with Crippen molar-refractivity contribution in [3.63, 3.8) is 0 Å². The van der Waals surface area contributed by atoms with Crippen LogP contribution in [0.3, 0.4) is 0 Å². The lowest BCUT2D eigenvalue weighted by Crippen LogP contribution is -2.31. The zero-order valence-electron chi connectivity index (χ0n) is 15.3. The van der Waals surface area contributed by atoms with Crippen LogP contribution < -0.4 is 4.90 Å². The van der Waals surface area contributed by atoms with Gasteiger partial charge in [0.15, 0.2) is 5.69 Å². The SMILES string of the molecule is COC(=O)c1n[nH]c(N(CSc2ccccc2C)C(=O)c2ccccc2)c1Br.